The third kappa shape index (κ3) is 2.31. The maximum Gasteiger partial charge on any atom is 0.450 e. The molecule has 1 aromatic heterocycles. The van der Waals surface area contributed by atoms with Gasteiger partial charge in [0.05, 0.1) is 11.6 Å². The first-order valence-corrected chi connectivity index (χ1v) is 3.95. The van der Waals surface area contributed by atoms with Crippen LogP contribution in [0.2, 0.25) is 0 Å². The average molecular weight is 203 g/mol. The fourth-order valence-electron chi connectivity index (χ4n) is 1.01. The molecule has 0 aliphatic heterocycles. The Kier molecular flexibility index (Phi) is 2.88. The summed E-state index contributed by atoms with van der Waals surface area (Å²) in [5.74, 6) is -3.01. The molecule has 76 valence electrons. The second-order valence-electron chi connectivity index (χ2n) is 2.84. The van der Waals surface area contributed by atoms with Crippen LogP contribution in [0.1, 0.15) is 18.5 Å². The number of aromatic nitrogens is 1. The Morgan fingerprint density at radius 2 is 2.07 bits per heavy atom. The zero-order valence-corrected chi connectivity index (χ0v) is 7.38. The predicted molar refractivity (Wildman–Crippen MR) is 43.7 cm³/mol. The third-order valence-electron chi connectivity index (χ3n) is 1.80. The van der Waals surface area contributed by atoms with Crippen LogP contribution >= 0.6 is 0 Å². The zero-order chi connectivity index (χ0) is 10.8. The van der Waals surface area contributed by atoms with Gasteiger partial charge in [-0.15, -0.1) is 0 Å². The Labute approximate surface area is 78.8 Å². The molecule has 0 bridgehead atoms. The highest BCUT2D eigenvalue weighted by Gasteiger charge is 2.42. The Bertz CT molecular complexity index is 321. The van der Waals surface area contributed by atoms with Crippen LogP contribution in [-0.2, 0) is 4.79 Å². The van der Waals surface area contributed by atoms with Crippen LogP contribution in [0.15, 0.2) is 24.4 Å². The number of carbonyl (C=O) groups is 1. The molecular formula is C9H8F3NO. The van der Waals surface area contributed by atoms with Crippen LogP contribution in [0.3, 0.4) is 0 Å². The molecule has 0 amide bonds. The van der Waals surface area contributed by atoms with Crippen molar-refractivity contribution in [1.82, 2.24) is 4.98 Å². The van der Waals surface area contributed by atoms with Gasteiger partial charge in [-0.25, -0.2) is 0 Å². The van der Waals surface area contributed by atoms with Crippen molar-refractivity contribution in [3.63, 3.8) is 0 Å². The summed E-state index contributed by atoms with van der Waals surface area (Å²) < 4.78 is 36.0. The highest BCUT2D eigenvalue weighted by molar-refractivity contribution is 5.89. The number of Topliss-reactive ketones (excluding diaryl/α,β-unsaturated/α-hetero) is 1. The van der Waals surface area contributed by atoms with E-state index in [0.717, 1.165) is 0 Å². The van der Waals surface area contributed by atoms with Crippen LogP contribution in [0.25, 0.3) is 0 Å². The smallest absolute Gasteiger partial charge is 0.289 e. The van der Waals surface area contributed by atoms with E-state index >= 15 is 0 Å². The van der Waals surface area contributed by atoms with Crippen molar-refractivity contribution >= 4 is 5.78 Å². The number of alkyl halides is 3. The molecule has 5 heteroatoms. The summed E-state index contributed by atoms with van der Waals surface area (Å²) in [4.78, 5) is 14.5. The number of carbonyl (C=O) groups excluding carboxylic acids is 1. The fourth-order valence-corrected chi connectivity index (χ4v) is 1.01. The van der Waals surface area contributed by atoms with Gasteiger partial charge in [0.15, 0.2) is 0 Å². The molecule has 0 aliphatic rings. The Morgan fingerprint density at radius 3 is 2.50 bits per heavy atom. The Balaban J connectivity index is 2.87. The van der Waals surface area contributed by atoms with E-state index in [1.807, 2.05) is 0 Å². The van der Waals surface area contributed by atoms with E-state index in [1.54, 1.807) is 12.1 Å². The average Bonchev–Trinajstić information content (AvgIpc) is 2.15. The molecule has 1 rings (SSSR count). The number of hydrogen-bond acceptors (Lipinski definition) is 2. The number of nitrogens with zero attached hydrogens (tertiary/aromatic N) is 1. The van der Waals surface area contributed by atoms with Gasteiger partial charge in [0.2, 0.25) is 5.78 Å². The molecule has 0 N–H and O–H groups in total. The van der Waals surface area contributed by atoms with Crippen molar-refractivity contribution < 1.29 is 18.0 Å². The lowest BCUT2D eigenvalue weighted by molar-refractivity contribution is -0.172. The topological polar surface area (TPSA) is 30.0 Å². The maximum absolute atomic E-state index is 12.0. The summed E-state index contributed by atoms with van der Waals surface area (Å²) >= 11 is 0. The van der Waals surface area contributed by atoms with E-state index < -0.39 is 17.9 Å². The van der Waals surface area contributed by atoms with Gasteiger partial charge in [-0.2, -0.15) is 13.2 Å². The largest absolute Gasteiger partial charge is 0.450 e. The molecule has 1 heterocycles. The lowest BCUT2D eigenvalue weighted by Crippen LogP contribution is -2.28. The second-order valence-corrected chi connectivity index (χ2v) is 2.84. The number of halogens is 3. The highest BCUT2D eigenvalue weighted by Crippen LogP contribution is 2.25. The third-order valence-corrected chi connectivity index (χ3v) is 1.80. The Hall–Kier alpha value is -1.39. The zero-order valence-electron chi connectivity index (χ0n) is 7.38. The van der Waals surface area contributed by atoms with Gasteiger partial charge in [-0.1, -0.05) is 6.07 Å². The van der Waals surface area contributed by atoms with Crippen LogP contribution in [-0.4, -0.2) is 16.9 Å². The molecule has 14 heavy (non-hydrogen) atoms. The van der Waals surface area contributed by atoms with Gasteiger partial charge >= 0.3 is 6.18 Å². The fraction of sp³-hybridized carbons (Fsp3) is 0.333. The van der Waals surface area contributed by atoms with Gasteiger partial charge < -0.3 is 0 Å². The molecule has 0 aliphatic carbocycles. The minimum Gasteiger partial charge on any atom is -0.289 e. The van der Waals surface area contributed by atoms with E-state index in [9.17, 15) is 18.0 Å². The highest BCUT2D eigenvalue weighted by atomic mass is 19.4. The van der Waals surface area contributed by atoms with Gasteiger partial charge in [0.25, 0.3) is 0 Å². The van der Waals surface area contributed by atoms with Gasteiger partial charge in [-0.05, 0) is 19.1 Å². The van der Waals surface area contributed by atoms with Crippen molar-refractivity contribution in [2.45, 2.75) is 19.0 Å². The first-order valence-electron chi connectivity index (χ1n) is 3.95. The van der Waals surface area contributed by atoms with Crippen molar-refractivity contribution in [3.8, 4) is 0 Å². The lowest BCUT2D eigenvalue weighted by Gasteiger charge is -2.11. The molecular weight excluding hydrogens is 195 g/mol. The first-order chi connectivity index (χ1) is 6.43. The van der Waals surface area contributed by atoms with Gasteiger partial charge in [0, 0.05) is 6.20 Å². The summed E-state index contributed by atoms with van der Waals surface area (Å²) in [7, 11) is 0. The van der Waals surface area contributed by atoms with Crippen LogP contribution in [0.4, 0.5) is 13.2 Å². The summed E-state index contributed by atoms with van der Waals surface area (Å²) in [6.45, 7) is 1.19. The lowest BCUT2D eigenvalue weighted by atomic mass is 10.0. The SMILES string of the molecule is CC(C(=O)C(F)(F)F)c1ccccn1. The Morgan fingerprint density at radius 1 is 1.43 bits per heavy atom. The summed E-state index contributed by atoms with van der Waals surface area (Å²) in [5, 5.41) is 0. The van der Waals surface area contributed by atoms with Crippen LogP contribution < -0.4 is 0 Å². The van der Waals surface area contributed by atoms with E-state index in [-0.39, 0.29) is 5.69 Å². The predicted octanol–water partition coefficient (Wildman–Crippen LogP) is 2.32. The summed E-state index contributed by atoms with van der Waals surface area (Å²) in [6, 6.07) is 4.52. The normalized spacial score (nSPS) is 13.7. The van der Waals surface area contributed by atoms with Crippen molar-refractivity contribution in [2.24, 2.45) is 0 Å². The van der Waals surface area contributed by atoms with E-state index in [2.05, 4.69) is 4.98 Å². The molecule has 0 spiro atoms. The maximum atomic E-state index is 12.0. The number of rotatable bonds is 2. The molecule has 0 aromatic carbocycles. The van der Waals surface area contributed by atoms with E-state index in [1.165, 1.54) is 19.2 Å². The van der Waals surface area contributed by atoms with Crippen molar-refractivity contribution in [2.75, 3.05) is 0 Å². The summed E-state index contributed by atoms with van der Waals surface area (Å²) in [6.07, 6.45) is -3.44. The summed E-state index contributed by atoms with van der Waals surface area (Å²) in [5.41, 5.74) is 0.134. The molecule has 0 saturated heterocycles. The monoisotopic (exact) mass is 203 g/mol. The number of ketones is 1. The second kappa shape index (κ2) is 3.77. The molecule has 2 nitrogen and oxygen atoms in total. The van der Waals surface area contributed by atoms with Gasteiger partial charge in [-0.3, -0.25) is 9.78 Å². The minimum atomic E-state index is -4.79. The molecule has 1 unspecified atom stereocenters. The van der Waals surface area contributed by atoms with Crippen molar-refractivity contribution in [3.05, 3.63) is 30.1 Å². The van der Waals surface area contributed by atoms with Crippen LogP contribution in [0, 0.1) is 0 Å². The quantitative estimate of drug-likeness (QED) is 0.738. The van der Waals surface area contributed by atoms with Crippen LogP contribution in [0.5, 0.6) is 0 Å². The minimum absolute atomic E-state index is 0.134. The van der Waals surface area contributed by atoms with Crippen molar-refractivity contribution in [1.29, 1.82) is 0 Å². The molecule has 0 fully saturated rings. The first kappa shape index (κ1) is 10.7. The standard InChI is InChI=1S/C9H8F3NO/c1-6(8(14)9(10,11)12)7-4-2-3-5-13-7/h2-6H,1H3. The van der Waals surface area contributed by atoms with E-state index in [0.29, 0.717) is 0 Å². The molecule has 0 saturated carbocycles. The number of hydrogen-bond donors (Lipinski definition) is 0. The number of pyridine rings is 1. The van der Waals surface area contributed by atoms with E-state index in [4.69, 9.17) is 0 Å². The molecule has 0 radical (unpaired) electrons. The van der Waals surface area contributed by atoms with Gasteiger partial charge in [0.1, 0.15) is 0 Å². The molecule has 1 aromatic rings. The molecule has 1 atom stereocenters.